The molecule has 0 aliphatic carbocycles. The Morgan fingerprint density at radius 1 is 0.939 bits per heavy atom. The van der Waals surface area contributed by atoms with E-state index in [2.05, 4.69) is 10.2 Å². The van der Waals surface area contributed by atoms with Gasteiger partial charge in [0.2, 0.25) is 10.0 Å². The highest BCUT2D eigenvalue weighted by atomic mass is 32.2. The van der Waals surface area contributed by atoms with E-state index in [1.807, 2.05) is 24.3 Å². The zero-order valence-electron chi connectivity index (χ0n) is 19.2. The molecule has 2 heterocycles. The zero-order valence-corrected chi connectivity index (χ0v) is 20.0. The molecule has 1 N–H and O–H groups in total. The van der Waals surface area contributed by atoms with Crippen molar-refractivity contribution in [3.63, 3.8) is 0 Å². The van der Waals surface area contributed by atoms with E-state index in [4.69, 9.17) is 4.74 Å². The number of carbonyl (C=O) groups is 1. The maximum Gasteiger partial charge on any atom is 0.251 e. The minimum atomic E-state index is -3.50. The number of hydrogen-bond acceptors (Lipinski definition) is 5. The lowest BCUT2D eigenvalue weighted by Gasteiger charge is -2.29. The van der Waals surface area contributed by atoms with Crippen molar-refractivity contribution >= 4 is 15.9 Å². The average Bonchev–Trinajstić information content (AvgIpc) is 3.39. The molecule has 1 amide bonds. The molecule has 0 spiro atoms. The molecular formula is C25H33N3O4S. The summed E-state index contributed by atoms with van der Waals surface area (Å²) < 4.78 is 32.8. The van der Waals surface area contributed by atoms with Crippen molar-refractivity contribution < 1.29 is 17.9 Å². The Morgan fingerprint density at radius 3 is 2.24 bits per heavy atom. The molecule has 2 aliphatic rings. The Balaban J connectivity index is 1.45. The molecule has 2 saturated heterocycles. The van der Waals surface area contributed by atoms with Crippen LogP contribution in [0.3, 0.4) is 0 Å². The van der Waals surface area contributed by atoms with Crippen LogP contribution in [-0.2, 0) is 10.0 Å². The fourth-order valence-electron chi connectivity index (χ4n) is 4.75. The normalized spacial score (nSPS) is 18.7. The van der Waals surface area contributed by atoms with Crippen LogP contribution in [0.15, 0.2) is 53.4 Å². The number of nitrogens with one attached hydrogen (secondary N) is 1. The van der Waals surface area contributed by atoms with Crippen LogP contribution in [0.2, 0.25) is 0 Å². The third kappa shape index (κ3) is 5.39. The summed E-state index contributed by atoms with van der Waals surface area (Å²) in [4.78, 5) is 15.5. The van der Waals surface area contributed by atoms with E-state index in [9.17, 15) is 13.2 Å². The van der Waals surface area contributed by atoms with Gasteiger partial charge in [-0.15, -0.1) is 0 Å². The molecule has 0 radical (unpaired) electrons. The van der Waals surface area contributed by atoms with E-state index in [-0.39, 0.29) is 16.8 Å². The van der Waals surface area contributed by atoms with Gasteiger partial charge in [0.15, 0.2) is 0 Å². The monoisotopic (exact) mass is 471 g/mol. The number of sulfonamides is 1. The van der Waals surface area contributed by atoms with Crippen LogP contribution in [0.4, 0.5) is 0 Å². The fourth-order valence-corrected chi connectivity index (χ4v) is 6.27. The number of likely N-dealkylation sites (tertiary alicyclic amines) is 1. The van der Waals surface area contributed by atoms with Crippen molar-refractivity contribution in [2.45, 2.75) is 43.0 Å². The van der Waals surface area contributed by atoms with Crippen molar-refractivity contribution in [3.8, 4) is 5.75 Å². The smallest absolute Gasteiger partial charge is 0.251 e. The van der Waals surface area contributed by atoms with Gasteiger partial charge in [0, 0.05) is 30.8 Å². The highest BCUT2D eigenvalue weighted by Crippen LogP contribution is 2.31. The zero-order chi connectivity index (χ0) is 23.3. The first-order valence-corrected chi connectivity index (χ1v) is 13.2. The number of benzene rings is 2. The molecule has 0 bridgehead atoms. The molecule has 4 rings (SSSR count). The first kappa shape index (κ1) is 23.7. The molecule has 2 aromatic rings. The molecule has 8 heteroatoms. The summed E-state index contributed by atoms with van der Waals surface area (Å²) in [5.74, 6) is 0.604. The summed E-state index contributed by atoms with van der Waals surface area (Å²) in [5.41, 5.74) is 1.51. The largest absolute Gasteiger partial charge is 0.496 e. The van der Waals surface area contributed by atoms with Crippen LogP contribution in [0.25, 0.3) is 0 Å². The molecule has 7 nitrogen and oxygen atoms in total. The predicted molar refractivity (Wildman–Crippen MR) is 128 cm³/mol. The molecule has 178 valence electrons. The number of carbonyl (C=O) groups excluding carboxylic acids is 1. The number of nitrogens with zero attached hydrogens (tertiary/aromatic N) is 2. The molecule has 1 atom stereocenters. The Kier molecular flexibility index (Phi) is 7.67. The molecule has 2 aliphatic heterocycles. The molecule has 0 saturated carbocycles. The number of para-hydroxylation sites is 1. The summed E-state index contributed by atoms with van der Waals surface area (Å²) in [6.07, 6.45) is 5.14. The van der Waals surface area contributed by atoms with Crippen LogP contribution in [-0.4, -0.2) is 63.4 Å². The van der Waals surface area contributed by atoms with Crippen molar-refractivity contribution in [2.24, 2.45) is 0 Å². The number of rotatable bonds is 8. The second-order valence-corrected chi connectivity index (χ2v) is 10.6. The molecule has 1 unspecified atom stereocenters. The summed E-state index contributed by atoms with van der Waals surface area (Å²) in [5, 5.41) is 3.05. The van der Waals surface area contributed by atoms with Crippen LogP contribution < -0.4 is 10.1 Å². The Labute approximate surface area is 196 Å². The summed E-state index contributed by atoms with van der Waals surface area (Å²) >= 11 is 0. The maximum absolute atomic E-state index is 12.9. The van der Waals surface area contributed by atoms with Crippen molar-refractivity contribution in [2.75, 3.05) is 39.8 Å². The van der Waals surface area contributed by atoms with Gasteiger partial charge >= 0.3 is 0 Å². The summed E-state index contributed by atoms with van der Waals surface area (Å²) in [6.45, 7) is 3.55. The third-order valence-corrected chi connectivity index (χ3v) is 8.52. The molecular weight excluding hydrogens is 438 g/mol. The second-order valence-electron chi connectivity index (χ2n) is 8.70. The van der Waals surface area contributed by atoms with Crippen LogP contribution in [0, 0.1) is 0 Å². The van der Waals surface area contributed by atoms with E-state index in [0.29, 0.717) is 25.2 Å². The van der Waals surface area contributed by atoms with Gasteiger partial charge in [0.05, 0.1) is 18.0 Å². The molecule has 33 heavy (non-hydrogen) atoms. The Bertz CT molecular complexity index is 1040. The van der Waals surface area contributed by atoms with Gasteiger partial charge < -0.3 is 10.1 Å². The van der Waals surface area contributed by atoms with Crippen LogP contribution >= 0.6 is 0 Å². The van der Waals surface area contributed by atoms with Gasteiger partial charge in [-0.25, -0.2) is 8.42 Å². The van der Waals surface area contributed by atoms with Gasteiger partial charge in [0.25, 0.3) is 5.91 Å². The van der Waals surface area contributed by atoms with Crippen molar-refractivity contribution in [1.82, 2.24) is 14.5 Å². The lowest BCUT2D eigenvalue weighted by molar-refractivity contribution is 0.0937. The fraction of sp³-hybridized carbons (Fsp3) is 0.480. The highest BCUT2D eigenvalue weighted by Gasteiger charge is 2.28. The minimum absolute atomic E-state index is 0.0198. The lowest BCUT2D eigenvalue weighted by atomic mass is 10.0. The van der Waals surface area contributed by atoms with Crippen molar-refractivity contribution in [3.05, 3.63) is 59.7 Å². The van der Waals surface area contributed by atoms with Gasteiger partial charge in [-0.05, 0) is 69.1 Å². The molecule has 2 aromatic carbocycles. The number of ether oxygens (including phenoxy) is 1. The van der Waals surface area contributed by atoms with E-state index >= 15 is 0 Å². The standard InChI is InChI=1S/C25H33N3O4S/c1-32-24-10-4-3-9-22(24)23(27-15-7-8-16-27)19-26-25(29)20-11-13-21(14-12-20)33(30,31)28-17-5-2-6-18-28/h3-4,9-14,23H,2,5-8,15-19H2,1H3,(H,26,29). The predicted octanol–water partition coefficient (Wildman–Crippen LogP) is 3.44. The van der Waals surface area contributed by atoms with Crippen LogP contribution in [0.5, 0.6) is 5.75 Å². The number of hydrogen-bond donors (Lipinski definition) is 1. The first-order chi connectivity index (χ1) is 16.0. The van der Waals surface area contributed by atoms with Gasteiger partial charge in [0.1, 0.15) is 5.75 Å². The molecule has 2 fully saturated rings. The van der Waals surface area contributed by atoms with Crippen molar-refractivity contribution in [1.29, 1.82) is 0 Å². The topological polar surface area (TPSA) is 78.9 Å². The van der Waals surface area contributed by atoms with Gasteiger partial charge in [-0.1, -0.05) is 24.6 Å². The van der Waals surface area contributed by atoms with E-state index in [1.54, 1.807) is 23.5 Å². The minimum Gasteiger partial charge on any atom is -0.496 e. The third-order valence-electron chi connectivity index (χ3n) is 6.60. The second kappa shape index (κ2) is 10.7. The highest BCUT2D eigenvalue weighted by molar-refractivity contribution is 7.89. The van der Waals surface area contributed by atoms with Gasteiger partial charge in [-0.3, -0.25) is 9.69 Å². The van der Waals surface area contributed by atoms with E-state index < -0.39 is 10.0 Å². The first-order valence-electron chi connectivity index (χ1n) is 11.8. The number of amides is 1. The summed E-state index contributed by atoms with van der Waals surface area (Å²) in [7, 11) is -1.84. The Hall–Kier alpha value is -2.42. The lowest BCUT2D eigenvalue weighted by Crippen LogP contribution is -2.37. The van der Waals surface area contributed by atoms with Crippen LogP contribution in [0.1, 0.15) is 54.1 Å². The average molecular weight is 472 g/mol. The summed E-state index contributed by atoms with van der Waals surface area (Å²) in [6, 6.07) is 14.2. The Morgan fingerprint density at radius 2 is 1.58 bits per heavy atom. The van der Waals surface area contributed by atoms with E-state index in [0.717, 1.165) is 56.5 Å². The number of methoxy groups -OCH3 is 1. The maximum atomic E-state index is 12.9. The quantitative estimate of drug-likeness (QED) is 0.638. The number of piperidine rings is 1. The SMILES string of the molecule is COc1ccccc1C(CNC(=O)c1ccc(S(=O)(=O)N2CCCCC2)cc1)N1CCCC1. The molecule has 0 aromatic heterocycles. The van der Waals surface area contributed by atoms with E-state index in [1.165, 1.54) is 12.1 Å². The van der Waals surface area contributed by atoms with Gasteiger partial charge in [-0.2, -0.15) is 4.31 Å².